The number of nitrogens with two attached hydrogens (primary N) is 1. The molecule has 3 N–H and O–H groups in total. The first-order chi connectivity index (χ1) is 11.0. The Morgan fingerprint density at radius 2 is 1.78 bits per heavy atom. The molecule has 0 saturated carbocycles. The number of hydrogen-bond acceptors (Lipinski definition) is 2. The van der Waals surface area contributed by atoms with Crippen molar-refractivity contribution in [2.75, 3.05) is 5.32 Å². The first kappa shape index (κ1) is 16.7. The number of hydrogen-bond donors (Lipinski definition) is 2. The highest BCUT2D eigenvalue weighted by molar-refractivity contribution is 5.98. The fourth-order valence-electron chi connectivity index (χ4n) is 2.60. The molecule has 2 aromatic carbocycles. The molecule has 120 valence electrons. The summed E-state index contributed by atoms with van der Waals surface area (Å²) in [4.78, 5) is 24.0. The maximum atomic E-state index is 12.8. The predicted molar refractivity (Wildman–Crippen MR) is 92.2 cm³/mol. The quantitative estimate of drug-likeness (QED) is 0.856. The van der Waals surface area contributed by atoms with Gasteiger partial charge in [0.15, 0.2) is 0 Å². The van der Waals surface area contributed by atoms with Crippen molar-refractivity contribution in [3.05, 3.63) is 65.7 Å². The molecule has 0 heterocycles. The van der Waals surface area contributed by atoms with Gasteiger partial charge in [0.05, 0.1) is 5.92 Å². The van der Waals surface area contributed by atoms with Crippen molar-refractivity contribution in [1.29, 1.82) is 0 Å². The van der Waals surface area contributed by atoms with E-state index in [0.717, 1.165) is 12.0 Å². The van der Waals surface area contributed by atoms with Crippen LogP contribution < -0.4 is 11.1 Å². The summed E-state index contributed by atoms with van der Waals surface area (Å²) in [5, 5.41) is 2.90. The van der Waals surface area contributed by atoms with Crippen LogP contribution in [-0.4, -0.2) is 11.8 Å². The number of benzene rings is 2. The van der Waals surface area contributed by atoms with E-state index in [-0.39, 0.29) is 17.7 Å². The van der Waals surface area contributed by atoms with Gasteiger partial charge in [-0.05, 0) is 29.7 Å². The topological polar surface area (TPSA) is 72.2 Å². The van der Waals surface area contributed by atoms with E-state index in [1.54, 1.807) is 24.3 Å². The van der Waals surface area contributed by atoms with E-state index in [1.165, 1.54) is 0 Å². The van der Waals surface area contributed by atoms with Crippen molar-refractivity contribution in [3.63, 3.8) is 0 Å². The Hall–Kier alpha value is -2.62. The van der Waals surface area contributed by atoms with E-state index in [2.05, 4.69) is 19.2 Å². The summed E-state index contributed by atoms with van der Waals surface area (Å²) in [6.45, 7) is 4.14. The van der Waals surface area contributed by atoms with Gasteiger partial charge < -0.3 is 11.1 Å². The number of amides is 2. The normalized spacial score (nSPS) is 13.1. The Balaban J connectivity index is 2.25. The summed E-state index contributed by atoms with van der Waals surface area (Å²) in [5.74, 6) is -0.620. The summed E-state index contributed by atoms with van der Waals surface area (Å²) < 4.78 is 0. The van der Waals surface area contributed by atoms with Gasteiger partial charge in [-0.15, -0.1) is 0 Å². The van der Waals surface area contributed by atoms with Gasteiger partial charge in [-0.2, -0.15) is 0 Å². The first-order valence-corrected chi connectivity index (χ1v) is 7.78. The minimum atomic E-state index is -0.511. The Kier molecular flexibility index (Phi) is 5.52. The molecule has 2 amide bonds. The largest absolute Gasteiger partial charge is 0.366 e. The second-order valence-electron chi connectivity index (χ2n) is 5.71. The van der Waals surface area contributed by atoms with Crippen LogP contribution in [0.4, 0.5) is 5.69 Å². The van der Waals surface area contributed by atoms with Gasteiger partial charge >= 0.3 is 0 Å². The lowest BCUT2D eigenvalue weighted by Crippen LogP contribution is -2.26. The van der Waals surface area contributed by atoms with E-state index in [4.69, 9.17) is 5.73 Å². The number of primary amides is 1. The Labute approximate surface area is 136 Å². The van der Waals surface area contributed by atoms with Crippen molar-refractivity contribution in [2.45, 2.75) is 26.2 Å². The summed E-state index contributed by atoms with van der Waals surface area (Å²) in [6, 6.07) is 16.4. The molecular weight excluding hydrogens is 288 g/mol. The maximum Gasteiger partial charge on any atom is 0.248 e. The Bertz CT molecular complexity index is 683. The monoisotopic (exact) mass is 310 g/mol. The molecule has 0 fully saturated rings. The zero-order valence-electron chi connectivity index (χ0n) is 13.5. The molecule has 2 atom stereocenters. The minimum absolute atomic E-state index is 0.0767. The molecule has 2 unspecified atom stereocenters. The summed E-state index contributed by atoms with van der Waals surface area (Å²) in [5.41, 5.74) is 7.23. The standard InChI is InChI=1S/C19H22N2O2/c1-3-13(2)17(14-8-5-4-6-9-14)19(23)21-16-11-7-10-15(12-16)18(20)22/h4-13,17H,3H2,1-2H3,(H2,20,22)(H,21,23). The molecule has 0 radical (unpaired) electrons. The molecule has 0 aliphatic heterocycles. The molecular formula is C19H22N2O2. The lowest BCUT2D eigenvalue weighted by atomic mass is 9.85. The summed E-state index contributed by atoms with van der Waals surface area (Å²) in [6.07, 6.45) is 0.897. The van der Waals surface area contributed by atoms with Crippen LogP contribution in [0.15, 0.2) is 54.6 Å². The molecule has 4 heteroatoms. The van der Waals surface area contributed by atoms with Crippen LogP contribution in [0.2, 0.25) is 0 Å². The van der Waals surface area contributed by atoms with Gasteiger partial charge in [-0.25, -0.2) is 0 Å². The van der Waals surface area contributed by atoms with Gasteiger partial charge in [0, 0.05) is 11.3 Å². The van der Waals surface area contributed by atoms with Crippen molar-refractivity contribution in [3.8, 4) is 0 Å². The van der Waals surface area contributed by atoms with E-state index < -0.39 is 5.91 Å². The molecule has 2 rings (SSSR count). The minimum Gasteiger partial charge on any atom is -0.366 e. The van der Waals surface area contributed by atoms with Crippen LogP contribution in [0.3, 0.4) is 0 Å². The Morgan fingerprint density at radius 3 is 2.39 bits per heavy atom. The average Bonchev–Trinajstić information content (AvgIpc) is 2.56. The second-order valence-corrected chi connectivity index (χ2v) is 5.71. The predicted octanol–water partition coefficient (Wildman–Crippen LogP) is 3.55. The van der Waals surface area contributed by atoms with Gasteiger partial charge in [-0.3, -0.25) is 9.59 Å². The van der Waals surface area contributed by atoms with E-state index >= 15 is 0 Å². The number of carbonyl (C=O) groups is 2. The lowest BCUT2D eigenvalue weighted by Gasteiger charge is -2.23. The highest BCUT2D eigenvalue weighted by Gasteiger charge is 2.25. The molecule has 2 aromatic rings. The third-order valence-electron chi connectivity index (χ3n) is 4.07. The van der Waals surface area contributed by atoms with Crippen LogP contribution in [0, 0.1) is 5.92 Å². The van der Waals surface area contributed by atoms with Crippen molar-refractivity contribution < 1.29 is 9.59 Å². The van der Waals surface area contributed by atoms with E-state index in [9.17, 15) is 9.59 Å². The second kappa shape index (κ2) is 7.58. The van der Waals surface area contributed by atoms with E-state index in [0.29, 0.717) is 11.3 Å². The van der Waals surface area contributed by atoms with Gasteiger partial charge in [0.25, 0.3) is 0 Å². The van der Waals surface area contributed by atoms with Gasteiger partial charge in [0.1, 0.15) is 0 Å². The molecule has 0 aliphatic carbocycles. The molecule has 0 saturated heterocycles. The average molecular weight is 310 g/mol. The van der Waals surface area contributed by atoms with Crippen LogP contribution in [0.1, 0.15) is 42.1 Å². The van der Waals surface area contributed by atoms with Crippen molar-refractivity contribution >= 4 is 17.5 Å². The first-order valence-electron chi connectivity index (χ1n) is 7.78. The number of nitrogens with one attached hydrogen (secondary N) is 1. The van der Waals surface area contributed by atoms with Crippen LogP contribution in [0.25, 0.3) is 0 Å². The zero-order chi connectivity index (χ0) is 16.8. The van der Waals surface area contributed by atoms with Gasteiger partial charge in [0.2, 0.25) is 11.8 Å². The number of rotatable bonds is 6. The molecule has 0 aliphatic rings. The number of anilines is 1. The molecule has 23 heavy (non-hydrogen) atoms. The molecule has 4 nitrogen and oxygen atoms in total. The highest BCUT2D eigenvalue weighted by atomic mass is 16.2. The molecule has 0 bridgehead atoms. The summed E-state index contributed by atoms with van der Waals surface area (Å²) in [7, 11) is 0. The number of carbonyl (C=O) groups excluding carboxylic acids is 2. The lowest BCUT2D eigenvalue weighted by molar-refractivity contribution is -0.118. The van der Waals surface area contributed by atoms with E-state index in [1.807, 2.05) is 30.3 Å². The highest BCUT2D eigenvalue weighted by Crippen LogP contribution is 2.28. The van der Waals surface area contributed by atoms with Crippen molar-refractivity contribution in [2.24, 2.45) is 11.7 Å². The maximum absolute atomic E-state index is 12.8. The molecule has 0 aromatic heterocycles. The fourth-order valence-corrected chi connectivity index (χ4v) is 2.60. The molecule has 0 spiro atoms. The van der Waals surface area contributed by atoms with Crippen molar-refractivity contribution in [1.82, 2.24) is 0 Å². The zero-order valence-corrected chi connectivity index (χ0v) is 13.5. The SMILES string of the molecule is CCC(C)C(C(=O)Nc1cccc(C(N)=O)c1)c1ccccc1. The van der Waals surface area contributed by atoms with Crippen LogP contribution in [-0.2, 0) is 4.79 Å². The third kappa shape index (κ3) is 4.19. The van der Waals surface area contributed by atoms with Crippen LogP contribution >= 0.6 is 0 Å². The fraction of sp³-hybridized carbons (Fsp3) is 0.263. The summed E-state index contributed by atoms with van der Waals surface area (Å²) >= 11 is 0. The smallest absolute Gasteiger partial charge is 0.248 e. The van der Waals surface area contributed by atoms with Crippen LogP contribution in [0.5, 0.6) is 0 Å². The third-order valence-corrected chi connectivity index (χ3v) is 4.07. The Morgan fingerprint density at radius 1 is 1.09 bits per heavy atom. The van der Waals surface area contributed by atoms with Gasteiger partial charge in [-0.1, -0.05) is 56.7 Å².